The van der Waals surface area contributed by atoms with Gasteiger partial charge in [-0.2, -0.15) is 0 Å². The van der Waals surface area contributed by atoms with E-state index in [1.54, 1.807) is 18.2 Å². The van der Waals surface area contributed by atoms with Gasteiger partial charge in [-0.05, 0) is 34.7 Å². The SMILES string of the molecule is O=c1[nH]cnc(Oc2ccc(Cl)c(Cl)c2)c1I. The molecule has 4 nitrogen and oxygen atoms in total. The molecular weight excluding hydrogens is 378 g/mol. The van der Waals surface area contributed by atoms with Crippen molar-refractivity contribution in [2.45, 2.75) is 0 Å². The van der Waals surface area contributed by atoms with Gasteiger partial charge >= 0.3 is 0 Å². The fourth-order valence-electron chi connectivity index (χ4n) is 1.09. The molecule has 0 amide bonds. The largest absolute Gasteiger partial charge is 0.438 e. The third-order valence-electron chi connectivity index (χ3n) is 1.87. The third-order valence-corrected chi connectivity index (χ3v) is 3.56. The molecule has 1 heterocycles. The van der Waals surface area contributed by atoms with Crippen LogP contribution in [0.4, 0.5) is 0 Å². The van der Waals surface area contributed by atoms with E-state index in [1.807, 2.05) is 22.6 Å². The van der Waals surface area contributed by atoms with Crippen LogP contribution in [0.5, 0.6) is 11.6 Å². The second kappa shape index (κ2) is 5.24. The number of rotatable bonds is 2. The molecule has 17 heavy (non-hydrogen) atoms. The fraction of sp³-hybridized carbons (Fsp3) is 0. The van der Waals surface area contributed by atoms with Crippen LogP contribution in [0.3, 0.4) is 0 Å². The molecule has 0 spiro atoms. The van der Waals surface area contributed by atoms with E-state index in [0.29, 0.717) is 19.4 Å². The number of halogens is 3. The molecule has 0 aliphatic rings. The zero-order chi connectivity index (χ0) is 12.4. The van der Waals surface area contributed by atoms with Crippen LogP contribution >= 0.6 is 45.8 Å². The molecule has 0 saturated heterocycles. The van der Waals surface area contributed by atoms with Crippen LogP contribution in [0, 0.1) is 3.57 Å². The van der Waals surface area contributed by atoms with Gasteiger partial charge in [-0.3, -0.25) is 4.79 Å². The summed E-state index contributed by atoms with van der Waals surface area (Å²) in [5.41, 5.74) is -0.254. The highest BCUT2D eigenvalue weighted by Crippen LogP contribution is 2.29. The Labute approximate surface area is 120 Å². The minimum atomic E-state index is -0.254. The van der Waals surface area contributed by atoms with Crippen molar-refractivity contribution in [2.24, 2.45) is 0 Å². The molecule has 0 radical (unpaired) electrons. The number of nitrogens with zero attached hydrogens (tertiary/aromatic N) is 1. The van der Waals surface area contributed by atoms with Crippen molar-refractivity contribution < 1.29 is 4.74 Å². The number of aromatic amines is 1. The summed E-state index contributed by atoms with van der Waals surface area (Å²) >= 11 is 13.5. The molecule has 1 aromatic heterocycles. The number of hydrogen-bond donors (Lipinski definition) is 1. The second-order valence-corrected chi connectivity index (χ2v) is 4.92. The van der Waals surface area contributed by atoms with Crippen molar-refractivity contribution in [1.82, 2.24) is 9.97 Å². The molecule has 0 saturated carbocycles. The van der Waals surface area contributed by atoms with Crippen molar-refractivity contribution in [2.75, 3.05) is 0 Å². The number of aromatic nitrogens is 2. The summed E-state index contributed by atoms with van der Waals surface area (Å²) in [7, 11) is 0. The van der Waals surface area contributed by atoms with E-state index < -0.39 is 0 Å². The Balaban J connectivity index is 2.35. The standard InChI is InChI=1S/C10H5Cl2IN2O2/c11-6-2-1-5(3-7(6)12)17-10-8(13)9(16)14-4-15-10/h1-4H,(H,14,15,16). The van der Waals surface area contributed by atoms with Crippen LogP contribution in [0.1, 0.15) is 0 Å². The van der Waals surface area contributed by atoms with E-state index in [0.717, 1.165) is 0 Å². The van der Waals surface area contributed by atoms with E-state index in [4.69, 9.17) is 27.9 Å². The number of H-pyrrole nitrogens is 1. The molecule has 7 heteroatoms. The minimum absolute atomic E-state index is 0.229. The summed E-state index contributed by atoms with van der Waals surface area (Å²) in [6.45, 7) is 0. The highest BCUT2D eigenvalue weighted by atomic mass is 127. The molecule has 0 aliphatic heterocycles. The molecule has 0 aliphatic carbocycles. The van der Waals surface area contributed by atoms with Gasteiger partial charge in [-0.1, -0.05) is 23.2 Å². The summed E-state index contributed by atoms with van der Waals surface area (Å²) < 4.78 is 5.82. The average molecular weight is 383 g/mol. The lowest BCUT2D eigenvalue weighted by molar-refractivity contribution is 0.456. The smallest absolute Gasteiger partial charge is 0.268 e. The first-order valence-electron chi connectivity index (χ1n) is 4.44. The van der Waals surface area contributed by atoms with Crippen LogP contribution in [0.15, 0.2) is 29.3 Å². The molecule has 0 fully saturated rings. The van der Waals surface area contributed by atoms with Crippen molar-refractivity contribution in [3.63, 3.8) is 0 Å². The van der Waals surface area contributed by atoms with E-state index in [-0.39, 0.29) is 11.4 Å². The molecule has 88 valence electrons. The summed E-state index contributed by atoms with van der Waals surface area (Å²) in [5.74, 6) is 0.697. The second-order valence-electron chi connectivity index (χ2n) is 3.03. The maximum atomic E-state index is 11.3. The lowest BCUT2D eigenvalue weighted by Gasteiger charge is -2.06. The Morgan fingerprint density at radius 2 is 2.06 bits per heavy atom. The maximum absolute atomic E-state index is 11.3. The molecule has 0 unspecified atom stereocenters. The quantitative estimate of drug-likeness (QED) is 0.809. The van der Waals surface area contributed by atoms with Crippen molar-refractivity contribution in [1.29, 1.82) is 0 Å². The summed E-state index contributed by atoms with van der Waals surface area (Å²) in [6.07, 6.45) is 1.28. The van der Waals surface area contributed by atoms with Gasteiger partial charge in [0.1, 0.15) is 9.32 Å². The number of ether oxygens (including phenoxy) is 1. The van der Waals surface area contributed by atoms with Gasteiger partial charge in [-0.25, -0.2) is 4.98 Å². The van der Waals surface area contributed by atoms with Gasteiger partial charge in [0.25, 0.3) is 5.56 Å². The van der Waals surface area contributed by atoms with E-state index in [9.17, 15) is 4.79 Å². The van der Waals surface area contributed by atoms with Gasteiger partial charge in [0.15, 0.2) is 0 Å². The topological polar surface area (TPSA) is 55.0 Å². The van der Waals surface area contributed by atoms with E-state index in [2.05, 4.69) is 9.97 Å². The zero-order valence-corrected chi connectivity index (χ0v) is 11.9. The lowest BCUT2D eigenvalue weighted by atomic mass is 10.3. The summed E-state index contributed by atoms with van der Waals surface area (Å²) in [6, 6.07) is 4.81. The van der Waals surface area contributed by atoms with Gasteiger partial charge in [0, 0.05) is 6.07 Å². The van der Waals surface area contributed by atoms with Crippen molar-refractivity contribution >= 4 is 45.8 Å². The van der Waals surface area contributed by atoms with Crippen LogP contribution in [0.2, 0.25) is 10.0 Å². The fourth-order valence-corrected chi connectivity index (χ4v) is 1.78. The summed E-state index contributed by atoms with van der Waals surface area (Å²) in [4.78, 5) is 17.7. The molecule has 0 bridgehead atoms. The highest BCUT2D eigenvalue weighted by molar-refractivity contribution is 14.1. The predicted molar refractivity (Wildman–Crippen MR) is 74.1 cm³/mol. The minimum Gasteiger partial charge on any atom is -0.438 e. The Bertz CT molecular complexity index is 615. The molecule has 1 aromatic carbocycles. The number of nitrogens with one attached hydrogen (secondary N) is 1. The third kappa shape index (κ3) is 2.91. The average Bonchev–Trinajstić information content (AvgIpc) is 2.30. The van der Waals surface area contributed by atoms with Gasteiger partial charge in [0.2, 0.25) is 5.88 Å². The number of hydrogen-bond acceptors (Lipinski definition) is 3. The monoisotopic (exact) mass is 382 g/mol. The molecular formula is C10H5Cl2IN2O2. The van der Waals surface area contributed by atoms with E-state index >= 15 is 0 Å². The van der Waals surface area contributed by atoms with Gasteiger partial charge in [-0.15, -0.1) is 0 Å². The zero-order valence-electron chi connectivity index (χ0n) is 8.21. The Morgan fingerprint density at radius 1 is 1.29 bits per heavy atom. The van der Waals surface area contributed by atoms with Crippen LogP contribution in [-0.2, 0) is 0 Å². The molecule has 2 aromatic rings. The molecule has 0 atom stereocenters. The van der Waals surface area contributed by atoms with Gasteiger partial charge < -0.3 is 9.72 Å². The molecule has 1 N–H and O–H groups in total. The first kappa shape index (κ1) is 12.7. The van der Waals surface area contributed by atoms with E-state index in [1.165, 1.54) is 6.33 Å². The van der Waals surface area contributed by atoms with Crippen LogP contribution in [0.25, 0.3) is 0 Å². The Morgan fingerprint density at radius 3 is 2.76 bits per heavy atom. The highest BCUT2D eigenvalue weighted by Gasteiger charge is 2.08. The predicted octanol–water partition coefficient (Wildman–Crippen LogP) is 3.47. The van der Waals surface area contributed by atoms with Gasteiger partial charge in [0.05, 0.1) is 16.4 Å². The normalized spacial score (nSPS) is 10.3. The first-order chi connectivity index (χ1) is 8.08. The van der Waals surface area contributed by atoms with Crippen LogP contribution in [-0.4, -0.2) is 9.97 Å². The Hall–Kier alpha value is -0.790. The first-order valence-corrected chi connectivity index (χ1v) is 6.27. The Kier molecular flexibility index (Phi) is 3.90. The maximum Gasteiger partial charge on any atom is 0.268 e. The van der Waals surface area contributed by atoms with Crippen molar-refractivity contribution in [3.8, 4) is 11.6 Å². The molecule has 2 rings (SSSR count). The van der Waals surface area contributed by atoms with Crippen LogP contribution < -0.4 is 10.3 Å². The lowest BCUT2D eigenvalue weighted by Crippen LogP contribution is -2.11. The van der Waals surface area contributed by atoms with Crippen molar-refractivity contribution in [3.05, 3.63) is 48.5 Å². The number of benzene rings is 1. The summed E-state index contributed by atoms with van der Waals surface area (Å²) in [5, 5.41) is 0.816.